The minimum absolute atomic E-state index is 0.0918. The zero-order chi connectivity index (χ0) is 18.0. The largest absolute Gasteiger partial charge is 0.504 e. The zero-order valence-electron chi connectivity index (χ0n) is 15.1. The summed E-state index contributed by atoms with van der Waals surface area (Å²) in [5, 5.41) is 10.9. The average Bonchev–Trinajstić information content (AvgIpc) is 2.58. The van der Waals surface area contributed by atoms with Gasteiger partial charge in [0.1, 0.15) is 6.04 Å². The second-order valence-corrected chi connectivity index (χ2v) is 7.77. The Balaban J connectivity index is 2.05. The van der Waals surface area contributed by atoms with Gasteiger partial charge in [-0.1, -0.05) is 6.07 Å². The Morgan fingerprint density at radius 2 is 2.00 bits per heavy atom. The molecule has 5 nitrogen and oxygen atoms in total. The number of rotatable bonds is 2. The number of fused-ring (bicyclic) bond motifs is 1. The Morgan fingerprint density at radius 1 is 1.24 bits per heavy atom. The van der Waals surface area contributed by atoms with Gasteiger partial charge >= 0.3 is 0 Å². The Labute approximate surface area is 147 Å². The van der Waals surface area contributed by atoms with Crippen LogP contribution < -0.4 is 4.74 Å². The number of carbonyl (C=O) groups is 1. The third kappa shape index (κ3) is 2.02. The summed E-state index contributed by atoms with van der Waals surface area (Å²) in [5.41, 5.74) is 2.58. The molecule has 2 unspecified atom stereocenters. The molecule has 0 amide bonds. The molecular formula is C20H24NO4+. The highest BCUT2D eigenvalue weighted by atomic mass is 16.5. The van der Waals surface area contributed by atoms with Gasteiger partial charge in [0.15, 0.2) is 17.3 Å². The van der Waals surface area contributed by atoms with Crippen LogP contribution in [0.25, 0.3) is 0 Å². The second-order valence-electron chi connectivity index (χ2n) is 7.77. The third-order valence-electron chi connectivity index (χ3n) is 6.23. The quantitative estimate of drug-likeness (QED) is 0.836. The Hall–Kier alpha value is -2.27. The van der Waals surface area contributed by atoms with Crippen molar-refractivity contribution in [2.24, 2.45) is 0 Å². The Bertz CT molecular complexity index is 836. The number of phenols is 1. The molecule has 0 radical (unpaired) electrons. The van der Waals surface area contributed by atoms with Gasteiger partial charge in [-0.3, -0.25) is 4.79 Å². The average molecular weight is 342 g/mol. The molecule has 0 spiro atoms. The van der Waals surface area contributed by atoms with Crippen LogP contribution in [0.15, 0.2) is 35.6 Å². The fourth-order valence-electron chi connectivity index (χ4n) is 4.84. The molecule has 1 N–H and O–H groups in total. The van der Waals surface area contributed by atoms with Crippen molar-refractivity contribution >= 4 is 5.78 Å². The van der Waals surface area contributed by atoms with Crippen molar-refractivity contribution in [1.29, 1.82) is 0 Å². The Morgan fingerprint density at radius 3 is 2.68 bits per heavy atom. The maximum Gasteiger partial charge on any atom is 0.220 e. The van der Waals surface area contributed by atoms with Crippen molar-refractivity contribution in [3.8, 4) is 11.5 Å². The number of quaternary nitrogens is 1. The highest BCUT2D eigenvalue weighted by Crippen LogP contribution is 2.56. The molecule has 0 saturated carbocycles. The Kier molecular flexibility index (Phi) is 3.32. The van der Waals surface area contributed by atoms with Gasteiger partial charge in [-0.2, -0.15) is 0 Å². The number of carbonyl (C=O) groups excluding carboxylic acids is 1. The van der Waals surface area contributed by atoms with E-state index < -0.39 is 5.41 Å². The van der Waals surface area contributed by atoms with E-state index >= 15 is 0 Å². The summed E-state index contributed by atoms with van der Waals surface area (Å²) < 4.78 is 11.5. The smallest absolute Gasteiger partial charge is 0.220 e. The number of nitrogens with zero attached hydrogens (tertiary/aromatic N) is 1. The minimum atomic E-state index is -0.496. The van der Waals surface area contributed by atoms with Gasteiger partial charge in [-0.15, -0.1) is 0 Å². The molecule has 1 saturated heterocycles. The number of piperidine rings is 1. The number of aromatic hydroxyl groups is 1. The van der Waals surface area contributed by atoms with Crippen molar-refractivity contribution in [2.45, 2.75) is 24.3 Å². The molecule has 1 aromatic rings. The van der Waals surface area contributed by atoms with Crippen molar-refractivity contribution in [3.63, 3.8) is 0 Å². The van der Waals surface area contributed by atoms with E-state index in [-0.39, 0.29) is 17.6 Å². The number of allylic oxidation sites excluding steroid dienone is 2. The van der Waals surface area contributed by atoms with Gasteiger partial charge < -0.3 is 19.1 Å². The molecule has 2 aliphatic carbocycles. The second kappa shape index (κ2) is 5.11. The number of likely N-dealkylation sites (tertiary alicyclic amines) is 1. The molecule has 2 bridgehead atoms. The first-order valence-corrected chi connectivity index (χ1v) is 8.59. The number of phenolic OH excluding ortho intramolecular Hbond substituents is 1. The lowest BCUT2D eigenvalue weighted by Gasteiger charge is -2.55. The molecule has 132 valence electrons. The summed E-state index contributed by atoms with van der Waals surface area (Å²) in [5.74, 6) is 0.905. The lowest BCUT2D eigenvalue weighted by atomic mass is 9.58. The fraction of sp³-hybridized carbons (Fsp3) is 0.450. The third-order valence-corrected chi connectivity index (χ3v) is 6.23. The van der Waals surface area contributed by atoms with Crippen LogP contribution in [0, 0.1) is 0 Å². The predicted molar refractivity (Wildman–Crippen MR) is 93.6 cm³/mol. The lowest BCUT2D eigenvalue weighted by Crippen LogP contribution is -2.62. The number of benzene rings is 1. The van der Waals surface area contributed by atoms with Gasteiger partial charge in [0, 0.05) is 24.0 Å². The van der Waals surface area contributed by atoms with E-state index in [1.807, 2.05) is 18.2 Å². The number of ether oxygens (including phenoxy) is 2. The summed E-state index contributed by atoms with van der Waals surface area (Å²) in [6.45, 7) is 0.958. The highest BCUT2D eigenvalue weighted by Gasteiger charge is 2.56. The van der Waals surface area contributed by atoms with Gasteiger partial charge in [0.05, 0.1) is 40.3 Å². The maximum absolute atomic E-state index is 12.5. The fourth-order valence-corrected chi connectivity index (χ4v) is 4.84. The monoisotopic (exact) mass is 342 g/mol. The van der Waals surface area contributed by atoms with Crippen molar-refractivity contribution < 1.29 is 23.9 Å². The number of methoxy groups -OCH3 is 2. The van der Waals surface area contributed by atoms with Crippen LogP contribution in [0.4, 0.5) is 0 Å². The predicted octanol–water partition coefficient (Wildman–Crippen LogP) is 2.08. The molecule has 3 aliphatic rings. The summed E-state index contributed by atoms with van der Waals surface area (Å²) >= 11 is 0. The van der Waals surface area contributed by atoms with Crippen LogP contribution in [0.3, 0.4) is 0 Å². The number of hydrogen-bond acceptors (Lipinski definition) is 4. The lowest BCUT2D eigenvalue weighted by molar-refractivity contribution is -0.914. The van der Waals surface area contributed by atoms with E-state index in [0.717, 1.165) is 40.6 Å². The van der Waals surface area contributed by atoms with Crippen LogP contribution in [0.5, 0.6) is 11.5 Å². The van der Waals surface area contributed by atoms with Crippen LogP contribution in [0.1, 0.15) is 17.5 Å². The van der Waals surface area contributed by atoms with Crippen LogP contribution in [-0.2, 0) is 21.4 Å². The molecule has 1 heterocycles. The van der Waals surface area contributed by atoms with Crippen molar-refractivity contribution in [3.05, 3.63) is 46.7 Å². The standard InChI is InChI=1S/C20H23NO4/c1-21(2)8-7-20-11-17(25-4)15(22)10-13(20)14(21)9-12-5-6-16(24-3)19(23)18(12)20/h5-6,10-11,14H,7-9H2,1-4H3/p+1. The molecule has 4 rings (SSSR count). The normalized spacial score (nSPS) is 29.1. The molecule has 0 aromatic heterocycles. The SMILES string of the molecule is COC1=CC23CC[N+](C)(C)C(Cc4ccc(OC)c(O)c42)C3=CC1=O. The molecule has 5 heteroatoms. The van der Waals surface area contributed by atoms with Gasteiger partial charge in [0.25, 0.3) is 0 Å². The minimum Gasteiger partial charge on any atom is -0.504 e. The number of hydrogen-bond donors (Lipinski definition) is 1. The summed E-state index contributed by atoms with van der Waals surface area (Å²) in [7, 11) is 7.51. The molecule has 2 atom stereocenters. The first-order chi connectivity index (χ1) is 11.8. The summed E-state index contributed by atoms with van der Waals surface area (Å²) in [6, 6.07) is 4.08. The zero-order valence-corrected chi connectivity index (χ0v) is 15.1. The van der Waals surface area contributed by atoms with Crippen LogP contribution in [-0.4, -0.2) is 56.3 Å². The molecule has 1 fully saturated rings. The molecule has 25 heavy (non-hydrogen) atoms. The van der Waals surface area contributed by atoms with E-state index in [1.165, 1.54) is 7.11 Å². The van der Waals surface area contributed by atoms with E-state index in [9.17, 15) is 9.90 Å². The maximum atomic E-state index is 12.5. The van der Waals surface area contributed by atoms with Gasteiger partial charge in [-0.05, 0) is 23.8 Å². The van der Waals surface area contributed by atoms with E-state index in [4.69, 9.17) is 9.47 Å². The first-order valence-electron chi connectivity index (χ1n) is 8.59. The summed E-state index contributed by atoms with van der Waals surface area (Å²) in [4.78, 5) is 12.5. The number of likely N-dealkylation sites (N-methyl/N-ethyl adjacent to an activating group) is 1. The van der Waals surface area contributed by atoms with E-state index in [2.05, 4.69) is 14.1 Å². The van der Waals surface area contributed by atoms with E-state index in [0.29, 0.717) is 11.5 Å². The van der Waals surface area contributed by atoms with Crippen molar-refractivity contribution in [2.75, 3.05) is 34.9 Å². The van der Waals surface area contributed by atoms with Gasteiger partial charge in [-0.25, -0.2) is 0 Å². The van der Waals surface area contributed by atoms with E-state index in [1.54, 1.807) is 13.2 Å². The van der Waals surface area contributed by atoms with Crippen LogP contribution in [0.2, 0.25) is 0 Å². The topological polar surface area (TPSA) is 55.8 Å². The first kappa shape index (κ1) is 16.2. The molecule has 1 aliphatic heterocycles. The van der Waals surface area contributed by atoms with Gasteiger partial charge in [0.2, 0.25) is 5.78 Å². The highest BCUT2D eigenvalue weighted by molar-refractivity contribution is 6.05. The molecular weight excluding hydrogens is 318 g/mol. The van der Waals surface area contributed by atoms with Crippen molar-refractivity contribution in [1.82, 2.24) is 0 Å². The van der Waals surface area contributed by atoms with Crippen LogP contribution >= 0.6 is 0 Å². The number of ketones is 1. The summed E-state index contributed by atoms with van der Waals surface area (Å²) in [6.07, 6.45) is 5.28. The molecule has 1 aromatic carbocycles.